The molecule has 0 unspecified atom stereocenters. The van der Waals surface area contributed by atoms with E-state index in [0.29, 0.717) is 53.4 Å². The first kappa shape index (κ1) is 16.1. The predicted molar refractivity (Wildman–Crippen MR) is 93.9 cm³/mol. The van der Waals surface area contributed by atoms with E-state index >= 15 is 0 Å². The van der Waals surface area contributed by atoms with Gasteiger partial charge in [0.25, 0.3) is 0 Å². The lowest BCUT2D eigenvalue weighted by Crippen LogP contribution is -2.35. The number of fused-ring (bicyclic) bond motifs is 1. The van der Waals surface area contributed by atoms with E-state index < -0.39 is 6.17 Å². The van der Waals surface area contributed by atoms with Crippen LogP contribution in [0, 0.1) is 0 Å². The van der Waals surface area contributed by atoms with Crippen LogP contribution in [0.1, 0.15) is 25.0 Å². The lowest BCUT2D eigenvalue weighted by molar-refractivity contribution is -0.119. The summed E-state index contributed by atoms with van der Waals surface area (Å²) in [5, 5.41) is -0.143. The number of alkyl halides is 1. The number of piperidine rings is 1. The number of anilines is 1. The van der Waals surface area contributed by atoms with E-state index in [4.69, 9.17) is 0 Å². The molecule has 0 aromatic carbocycles. The molecule has 2 aliphatic rings. The molecule has 4 rings (SSSR count). The van der Waals surface area contributed by atoms with Gasteiger partial charge in [0.05, 0.1) is 22.5 Å². The van der Waals surface area contributed by atoms with Gasteiger partial charge in [-0.05, 0) is 42.8 Å². The molecule has 2 saturated heterocycles. The number of aromatic nitrogens is 3. The van der Waals surface area contributed by atoms with Gasteiger partial charge in [-0.15, -0.1) is 0 Å². The summed E-state index contributed by atoms with van der Waals surface area (Å²) in [7, 11) is 0. The molecule has 6 nitrogen and oxygen atoms in total. The minimum Gasteiger partial charge on any atom is -0.354 e. The Bertz CT molecular complexity index is 893. The molecule has 0 aliphatic carbocycles. The van der Waals surface area contributed by atoms with Crippen LogP contribution in [0.2, 0.25) is 0 Å². The van der Waals surface area contributed by atoms with Crippen molar-refractivity contribution in [3.63, 3.8) is 0 Å². The molecule has 4 heterocycles. The quantitative estimate of drug-likeness (QED) is 0.603. The Hall–Kier alpha value is -2.35. The maximum absolute atomic E-state index is 13.4. The number of hydrogen-bond acceptors (Lipinski definition) is 7. The van der Waals surface area contributed by atoms with Crippen LogP contribution >= 0.6 is 11.8 Å². The molecule has 0 bridgehead atoms. The van der Waals surface area contributed by atoms with Crippen LogP contribution in [0.15, 0.2) is 23.4 Å². The predicted octanol–water partition coefficient (Wildman–Crippen LogP) is 2.54. The Labute approximate surface area is 147 Å². The summed E-state index contributed by atoms with van der Waals surface area (Å²) in [6, 6.07) is 3.57. The van der Waals surface area contributed by atoms with Crippen molar-refractivity contribution in [1.82, 2.24) is 15.0 Å². The van der Waals surface area contributed by atoms with Crippen LogP contribution in [0.25, 0.3) is 17.1 Å². The fourth-order valence-electron chi connectivity index (χ4n) is 2.99. The zero-order valence-corrected chi connectivity index (χ0v) is 14.1. The van der Waals surface area contributed by atoms with Crippen molar-refractivity contribution in [3.05, 3.63) is 29.1 Å². The minimum absolute atomic E-state index is 0.0589. The molecule has 0 spiro atoms. The molecule has 128 valence electrons. The Kier molecular flexibility index (Phi) is 4.20. The highest BCUT2D eigenvalue weighted by atomic mass is 32.2. The molecule has 0 amide bonds. The van der Waals surface area contributed by atoms with E-state index in [9.17, 15) is 14.0 Å². The zero-order chi connectivity index (χ0) is 17.4. The number of thioether (sulfide) groups is 1. The smallest absolute Gasteiger partial charge is 0.201 e. The molecule has 0 atom stereocenters. The maximum Gasteiger partial charge on any atom is 0.201 e. The van der Waals surface area contributed by atoms with Crippen LogP contribution in [0.3, 0.4) is 0 Å². The molecular weight excluding hydrogens is 343 g/mol. The first-order valence-electron chi connectivity index (χ1n) is 8.06. The number of rotatable bonds is 2. The summed E-state index contributed by atoms with van der Waals surface area (Å²) >= 11 is 0.956. The van der Waals surface area contributed by atoms with Gasteiger partial charge in [0.1, 0.15) is 18.0 Å². The highest BCUT2D eigenvalue weighted by Gasteiger charge is 2.26. The molecule has 2 aromatic rings. The third-order valence-corrected chi connectivity index (χ3v) is 5.23. The van der Waals surface area contributed by atoms with Crippen molar-refractivity contribution >= 4 is 45.6 Å². The van der Waals surface area contributed by atoms with Gasteiger partial charge in [-0.2, -0.15) is 0 Å². The molecule has 2 fully saturated rings. The SMILES string of the molecule is O=C1CC(=O)/C(=C/c2ccc3ncnc(N4CCC(F)CC4)c3n2)S1. The first-order chi connectivity index (χ1) is 12.1. The molecule has 8 heteroatoms. The lowest BCUT2D eigenvalue weighted by Gasteiger charge is -2.29. The second-order valence-corrected chi connectivity index (χ2v) is 7.14. The van der Waals surface area contributed by atoms with E-state index in [-0.39, 0.29) is 17.3 Å². The van der Waals surface area contributed by atoms with Crippen molar-refractivity contribution in [1.29, 1.82) is 0 Å². The number of carbonyl (C=O) groups excluding carboxylic acids is 2. The van der Waals surface area contributed by atoms with E-state index in [1.807, 2.05) is 11.0 Å². The van der Waals surface area contributed by atoms with Gasteiger partial charge in [0, 0.05) is 13.1 Å². The highest BCUT2D eigenvalue weighted by Crippen LogP contribution is 2.31. The molecule has 0 saturated carbocycles. The topological polar surface area (TPSA) is 76.1 Å². The van der Waals surface area contributed by atoms with Crippen molar-refractivity contribution in [2.75, 3.05) is 18.0 Å². The number of ketones is 1. The Morgan fingerprint density at radius 1 is 1.20 bits per heavy atom. The fraction of sp³-hybridized carbons (Fsp3) is 0.353. The normalized spacial score (nSPS) is 20.8. The van der Waals surface area contributed by atoms with E-state index in [2.05, 4.69) is 15.0 Å². The molecule has 2 aromatic heterocycles. The summed E-state index contributed by atoms with van der Waals surface area (Å²) in [4.78, 5) is 38.7. The van der Waals surface area contributed by atoms with Crippen LogP contribution in [0.4, 0.5) is 10.2 Å². The molecule has 2 aliphatic heterocycles. The van der Waals surface area contributed by atoms with Gasteiger partial charge < -0.3 is 4.90 Å². The summed E-state index contributed by atoms with van der Waals surface area (Å²) in [6.07, 6.45) is 3.23. The van der Waals surface area contributed by atoms with Crippen LogP contribution in [-0.2, 0) is 9.59 Å². The highest BCUT2D eigenvalue weighted by molar-refractivity contribution is 8.18. The second kappa shape index (κ2) is 6.51. The van der Waals surface area contributed by atoms with Crippen LogP contribution in [0.5, 0.6) is 0 Å². The number of nitrogens with zero attached hydrogens (tertiary/aromatic N) is 4. The van der Waals surface area contributed by atoms with Gasteiger partial charge in [0.2, 0.25) is 5.12 Å². The summed E-state index contributed by atoms with van der Waals surface area (Å²) in [6.45, 7) is 1.17. The lowest BCUT2D eigenvalue weighted by atomic mass is 10.1. The number of Topliss-reactive ketones (excluding diaryl/α,β-unsaturated/α-hetero) is 1. The molecule has 0 N–H and O–H groups in total. The van der Waals surface area contributed by atoms with E-state index in [1.165, 1.54) is 6.33 Å². The number of pyridine rings is 1. The van der Waals surface area contributed by atoms with E-state index in [1.54, 1.807) is 12.1 Å². The monoisotopic (exact) mass is 358 g/mol. The van der Waals surface area contributed by atoms with Crippen molar-refractivity contribution in [2.24, 2.45) is 0 Å². The Morgan fingerprint density at radius 3 is 2.72 bits per heavy atom. The summed E-state index contributed by atoms with van der Waals surface area (Å²) in [5.74, 6) is 0.505. The second-order valence-electron chi connectivity index (χ2n) is 6.05. The van der Waals surface area contributed by atoms with Gasteiger partial charge in [-0.1, -0.05) is 0 Å². The third-order valence-electron chi connectivity index (χ3n) is 4.29. The first-order valence-corrected chi connectivity index (χ1v) is 8.88. The minimum atomic E-state index is -0.763. The maximum atomic E-state index is 13.4. The van der Waals surface area contributed by atoms with E-state index in [0.717, 1.165) is 11.8 Å². The third kappa shape index (κ3) is 3.26. The van der Waals surface area contributed by atoms with Gasteiger partial charge in [-0.3, -0.25) is 9.59 Å². The fourth-order valence-corrected chi connectivity index (χ4v) is 3.81. The Morgan fingerprint density at radius 2 is 2.00 bits per heavy atom. The molecule has 25 heavy (non-hydrogen) atoms. The largest absolute Gasteiger partial charge is 0.354 e. The molecular formula is C17H15FN4O2S. The molecule has 0 radical (unpaired) electrons. The number of hydrogen-bond donors (Lipinski definition) is 0. The zero-order valence-electron chi connectivity index (χ0n) is 13.3. The van der Waals surface area contributed by atoms with Crippen LogP contribution in [-0.4, -0.2) is 45.1 Å². The average Bonchev–Trinajstić information content (AvgIpc) is 2.92. The average molecular weight is 358 g/mol. The number of carbonyl (C=O) groups is 2. The van der Waals surface area contributed by atoms with Crippen molar-refractivity contribution < 1.29 is 14.0 Å². The number of halogens is 1. The van der Waals surface area contributed by atoms with Crippen molar-refractivity contribution in [2.45, 2.75) is 25.4 Å². The summed E-state index contributed by atoms with van der Waals surface area (Å²) < 4.78 is 13.4. The number of allylic oxidation sites excluding steroid dienone is 1. The van der Waals surface area contributed by atoms with Gasteiger partial charge in [-0.25, -0.2) is 19.3 Å². The van der Waals surface area contributed by atoms with Gasteiger partial charge >= 0.3 is 0 Å². The standard InChI is InChI=1S/C17H15FN4O2S/c18-10-3-5-22(6-4-10)17-16-12(19-9-20-17)2-1-11(21-16)7-14-13(23)8-15(24)25-14/h1-2,7,9-10H,3-6,8H2/b14-7-. The van der Waals surface area contributed by atoms with Crippen LogP contribution < -0.4 is 4.90 Å². The Balaban J connectivity index is 1.72. The summed E-state index contributed by atoms with van der Waals surface area (Å²) in [5.41, 5.74) is 1.89. The van der Waals surface area contributed by atoms with Crippen molar-refractivity contribution in [3.8, 4) is 0 Å². The van der Waals surface area contributed by atoms with Gasteiger partial charge in [0.15, 0.2) is 11.6 Å².